The lowest BCUT2D eigenvalue weighted by atomic mass is 10.00. The first kappa shape index (κ1) is 9.74. The Hall–Kier alpha value is -0.800. The molecule has 0 aromatic carbocycles. The summed E-state index contributed by atoms with van der Waals surface area (Å²) in [5.74, 6) is 0. The summed E-state index contributed by atoms with van der Waals surface area (Å²) in [7, 11) is 4.30. The normalized spacial score (nSPS) is 24.4. The van der Waals surface area contributed by atoms with E-state index in [1.54, 1.807) is 0 Å². The van der Waals surface area contributed by atoms with E-state index in [0.717, 1.165) is 0 Å². The summed E-state index contributed by atoms with van der Waals surface area (Å²) >= 11 is 0. The van der Waals surface area contributed by atoms with Crippen molar-refractivity contribution in [3.63, 3.8) is 0 Å². The quantitative estimate of drug-likeness (QED) is 0.759. The minimum atomic E-state index is 0.503. The summed E-state index contributed by atoms with van der Waals surface area (Å²) in [4.78, 5) is 5.43. The van der Waals surface area contributed by atoms with Gasteiger partial charge in [0.25, 0.3) is 0 Å². The summed E-state index contributed by atoms with van der Waals surface area (Å²) in [6, 6.07) is 3.29. The lowest BCUT2D eigenvalue weighted by Gasteiger charge is -2.29. The fraction of sp³-hybridized carbons (Fsp3) is 0.636. The summed E-state index contributed by atoms with van der Waals surface area (Å²) in [5, 5.41) is 3.57. The molecule has 1 saturated heterocycles. The van der Waals surface area contributed by atoms with Crippen molar-refractivity contribution in [3.05, 3.63) is 24.0 Å². The number of hydrogen-bond donors (Lipinski definition) is 2. The van der Waals surface area contributed by atoms with Crippen LogP contribution in [0, 0.1) is 0 Å². The van der Waals surface area contributed by atoms with Gasteiger partial charge in [0.05, 0.1) is 6.04 Å². The molecule has 78 valence electrons. The van der Waals surface area contributed by atoms with E-state index in [1.165, 1.54) is 24.9 Å². The Morgan fingerprint density at radius 1 is 1.50 bits per heavy atom. The summed E-state index contributed by atoms with van der Waals surface area (Å²) < 4.78 is 0. The molecular weight excluding hydrogens is 174 g/mol. The van der Waals surface area contributed by atoms with Crippen LogP contribution in [0.2, 0.25) is 0 Å². The molecule has 3 nitrogen and oxygen atoms in total. The van der Waals surface area contributed by atoms with Crippen molar-refractivity contribution < 1.29 is 0 Å². The fourth-order valence-corrected chi connectivity index (χ4v) is 2.39. The predicted molar refractivity (Wildman–Crippen MR) is 58.2 cm³/mol. The van der Waals surface area contributed by atoms with Gasteiger partial charge in [0.15, 0.2) is 0 Å². The maximum absolute atomic E-state index is 3.57. The maximum Gasteiger partial charge on any atom is 0.0511 e. The second kappa shape index (κ2) is 4.15. The molecule has 1 aromatic rings. The second-order valence-corrected chi connectivity index (χ2v) is 4.26. The smallest absolute Gasteiger partial charge is 0.0511 e. The number of aromatic nitrogens is 1. The fourth-order valence-electron chi connectivity index (χ4n) is 2.39. The zero-order valence-corrected chi connectivity index (χ0v) is 8.96. The zero-order valence-electron chi connectivity index (χ0n) is 8.96. The lowest BCUT2D eigenvalue weighted by molar-refractivity contribution is 0.244. The maximum atomic E-state index is 3.57. The first-order chi connectivity index (χ1) is 6.79. The number of rotatable bonds is 3. The Labute approximate surface area is 85.5 Å². The van der Waals surface area contributed by atoms with Crippen LogP contribution in [-0.4, -0.2) is 36.6 Å². The van der Waals surface area contributed by atoms with Crippen LogP contribution in [0.15, 0.2) is 18.5 Å². The average Bonchev–Trinajstić information content (AvgIpc) is 2.75. The Morgan fingerprint density at radius 2 is 2.36 bits per heavy atom. The van der Waals surface area contributed by atoms with E-state index in [4.69, 9.17) is 0 Å². The van der Waals surface area contributed by atoms with Crippen molar-refractivity contribution in [3.8, 4) is 0 Å². The van der Waals surface area contributed by atoms with Crippen LogP contribution in [-0.2, 0) is 0 Å². The SMILES string of the molecule is CN(C)C(c1cc[nH]c1)C1CCCN1. The number of nitrogens with one attached hydrogen (secondary N) is 2. The molecule has 0 amide bonds. The van der Waals surface area contributed by atoms with Crippen molar-refractivity contribution in [1.82, 2.24) is 15.2 Å². The van der Waals surface area contributed by atoms with Gasteiger partial charge >= 0.3 is 0 Å². The highest BCUT2D eigenvalue weighted by molar-refractivity contribution is 5.17. The summed E-state index contributed by atoms with van der Waals surface area (Å²) in [6.45, 7) is 1.17. The van der Waals surface area contributed by atoms with Crippen LogP contribution in [0.25, 0.3) is 0 Å². The predicted octanol–water partition coefficient (Wildman–Crippen LogP) is 1.37. The number of aromatic amines is 1. The van der Waals surface area contributed by atoms with Crippen LogP contribution in [0.3, 0.4) is 0 Å². The molecule has 1 aromatic heterocycles. The molecule has 0 bridgehead atoms. The summed E-state index contributed by atoms with van der Waals surface area (Å²) in [6.07, 6.45) is 6.69. The van der Waals surface area contributed by atoms with Crippen molar-refractivity contribution in [2.75, 3.05) is 20.6 Å². The first-order valence-corrected chi connectivity index (χ1v) is 5.31. The number of H-pyrrole nitrogens is 1. The van der Waals surface area contributed by atoms with E-state index in [2.05, 4.69) is 41.6 Å². The van der Waals surface area contributed by atoms with E-state index in [1.807, 2.05) is 6.20 Å². The Bertz CT molecular complexity index is 260. The molecule has 1 aliphatic heterocycles. The van der Waals surface area contributed by atoms with Crippen molar-refractivity contribution >= 4 is 0 Å². The van der Waals surface area contributed by atoms with Gasteiger partial charge in [-0.1, -0.05) is 0 Å². The lowest BCUT2D eigenvalue weighted by Crippen LogP contribution is -2.37. The van der Waals surface area contributed by atoms with Gasteiger partial charge in [-0.2, -0.15) is 0 Å². The molecule has 1 fully saturated rings. The number of nitrogens with zero attached hydrogens (tertiary/aromatic N) is 1. The van der Waals surface area contributed by atoms with Gasteiger partial charge in [-0.25, -0.2) is 0 Å². The molecule has 0 spiro atoms. The molecule has 2 unspecified atom stereocenters. The molecule has 1 aliphatic rings. The van der Waals surface area contributed by atoms with Crippen LogP contribution in [0.4, 0.5) is 0 Å². The topological polar surface area (TPSA) is 31.1 Å². The third-order valence-corrected chi connectivity index (χ3v) is 3.00. The number of likely N-dealkylation sites (N-methyl/N-ethyl adjacent to an activating group) is 1. The van der Waals surface area contributed by atoms with Gasteiger partial charge in [0.1, 0.15) is 0 Å². The molecular formula is C11H19N3. The first-order valence-electron chi connectivity index (χ1n) is 5.31. The molecule has 2 N–H and O–H groups in total. The zero-order chi connectivity index (χ0) is 9.97. The molecule has 2 heterocycles. The van der Waals surface area contributed by atoms with E-state index in [9.17, 15) is 0 Å². The highest BCUT2D eigenvalue weighted by Gasteiger charge is 2.27. The van der Waals surface area contributed by atoms with Gasteiger partial charge in [0.2, 0.25) is 0 Å². The number of hydrogen-bond acceptors (Lipinski definition) is 2. The third kappa shape index (κ3) is 1.83. The van der Waals surface area contributed by atoms with Crippen LogP contribution in [0.1, 0.15) is 24.4 Å². The molecule has 0 saturated carbocycles. The van der Waals surface area contributed by atoms with E-state index in [0.29, 0.717) is 12.1 Å². The minimum absolute atomic E-state index is 0.503. The van der Waals surface area contributed by atoms with Crippen LogP contribution < -0.4 is 5.32 Å². The second-order valence-electron chi connectivity index (χ2n) is 4.26. The standard InChI is InChI=1S/C11H19N3/c1-14(2)11(9-5-7-12-8-9)10-4-3-6-13-10/h5,7-8,10-13H,3-4,6H2,1-2H3. The van der Waals surface area contributed by atoms with Gasteiger partial charge < -0.3 is 15.2 Å². The molecule has 0 radical (unpaired) electrons. The minimum Gasteiger partial charge on any atom is -0.367 e. The average molecular weight is 193 g/mol. The van der Waals surface area contributed by atoms with Crippen LogP contribution in [0.5, 0.6) is 0 Å². The van der Waals surface area contributed by atoms with Crippen molar-refractivity contribution in [2.45, 2.75) is 24.9 Å². The Balaban J connectivity index is 2.15. The monoisotopic (exact) mass is 193 g/mol. The van der Waals surface area contributed by atoms with Gasteiger partial charge in [-0.3, -0.25) is 0 Å². The highest BCUT2D eigenvalue weighted by atomic mass is 15.1. The molecule has 2 rings (SSSR count). The van der Waals surface area contributed by atoms with E-state index in [-0.39, 0.29) is 0 Å². The highest BCUT2D eigenvalue weighted by Crippen LogP contribution is 2.26. The van der Waals surface area contributed by atoms with Gasteiger partial charge in [0, 0.05) is 18.4 Å². The van der Waals surface area contributed by atoms with Crippen LogP contribution >= 0.6 is 0 Å². The van der Waals surface area contributed by atoms with Crippen molar-refractivity contribution in [2.24, 2.45) is 0 Å². The third-order valence-electron chi connectivity index (χ3n) is 3.00. The Kier molecular flexibility index (Phi) is 2.89. The molecule has 0 aliphatic carbocycles. The van der Waals surface area contributed by atoms with E-state index >= 15 is 0 Å². The van der Waals surface area contributed by atoms with Gasteiger partial charge in [-0.15, -0.1) is 0 Å². The molecule has 3 heteroatoms. The molecule has 14 heavy (non-hydrogen) atoms. The summed E-state index contributed by atoms with van der Waals surface area (Å²) in [5.41, 5.74) is 1.38. The van der Waals surface area contributed by atoms with Gasteiger partial charge in [-0.05, 0) is 45.1 Å². The Morgan fingerprint density at radius 3 is 2.86 bits per heavy atom. The molecule has 2 atom stereocenters. The largest absolute Gasteiger partial charge is 0.367 e. The van der Waals surface area contributed by atoms with E-state index < -0.39 is 0 Å². The van der Waals surface area contributed by atoms with Crippen molar-refractivity contribution in [1.29, 1.82) is 0 Å².